The second-order valence-corrected chi connectivity index (χ2v) is 6.57. The van der Waals surface area contributed by atoms with Gasteiger partial charge < -0.3 is 9.88 Å². The molecule has 0 saturated heterocycles. The number of fused-ring (bicyclic) bond motifs is 2. The fraction of sp³-hybridized carbons (Fsp3) is 0.389. The Morgan fingerprint density at radius 3 is 3.00 bits per heavy atom. The van der Waals surface area contributed by atoms with Gasteiger partial charge in [0.15, 0.2) is 0 Å². The molecule has 25 heavy (non-hydrogen) atoms. The Morgan fingerprint density at radius 2 is 2.12 bits per heavy atom. The number of hydrogen-bond acceptors (Lipinski definition) is 3. The summed E-state index contributed by atoms with van der Waals surface area (Å²) in [6.07, 6.45) is 4.19. The molecule has 1 unspecified atom stereocenters. The maximum absolute atomic E-state index is 12.4. The average molecular weight is 339 g/mol. The highest BCUT2D eigenvalue weighted by Crippen LogP contribution is 2.15. The van der Waals surface area contributed by atoms with Crippen LogP contribution in [-0.2, 0) is 31.4 Å². The summed E-state index contributed by atoms with van der Waals surface area (Å²) in [5.41, 5.74) is 0.975. The number of aryl methyl sites for hydroxylation is 2. The van der Waals surface area contributed by atoms with Crippen molar-refractivity contribution in [2.45, 2.75) is 38.4 Å². The van der Waals surface area contributed by atoms with Gasteiger partial charge in [-0.3, -0.25) is 9.36 Å². The van der Waals surface area contributed by atoms with E-state index in [0.717, 1.165) is 29.6 Å². The van der Waals surface area contributed by atoms with E-state index in [2.05, 4.69) is 10.4 Å². The minimum absolute atomic E-state index is 0.00111. The van der Waals surface area contributed by atoms with Crippen molar-refractivity contribution >= 4 is 16.8 Å². The predicted octanol–water partition coefficient (Wildman–Crippen LogP) is 1.06. The number of nitrogens with zero attached hydrogens (tertiary/aromatic N) is 4. The van der Waals surface area contributed by atoms with Gasteiger partial charge in [-0.1, -0.05) is 18.2 Å². The Bertz CT molecular complexity index is 981. The molecule has 3 heterocycles. The number of benzene rings is 1. The number of nitrogens with one attached hydrogen (secondary N) is 1. The minimum atomic E-state index is -0.0826. The summed E-state index contributed by atoms with van der Waals surface area (Å²) in [5.74, 6) is 0.805. The summed E-state index contributed by atoms with van der Waals surface area (Å²) in [6.45, 7) is 0.899. The first kappa shape index (κ1) is 15.7. The first-order valence-corrected chi connectivity index (χ1v) is 8.58. The zero-order valence-corrected chi connectivity index (χ0v) is 14.2. The largest absolute Gasteiger partial charge is 0.352 e. The molecule has 0 fully saturated rings. The highest BCUT2D eigenvalue weighted by molar-refractivity contribution is 5.83. The fourth-order valence-electron chi connectivity index (χ4n) is 3.55. The van der Waals surface area contributed by atoms with E-state index in [1.54, 1.807) is 11.6 Å². The van der Waals surface area contributed by atoms with Crippen molar-refractivity contribution < 1.29 is 4.79 Å². The van der Waals surface area contributed by atoms with Crippen molar-refractivity contribution in [1.82, 2.24) is 24.2 Å². The van der Waals surface area contributed by atoms with Gasteiger partial charge in [0, 0.05) is 37.8 Å². The van der Waals surface area contributed by atoms with Gasteiger partial charge in [-0.15, -0.1) is 0 Å². The molecule has 0 saturated carbocycles. The molecule has 2 aromatic heterocycles. The Balaban J connectivity index is 1.41. The quantitative estimate of drug-likeness (QED) is 0.775. The number of hydrogen-bond donors (Lipinski definition) is 1. The van der Waals surface area contributed by atoms with E-state index >= 15 is 0 Å². The number of carbonyl (C=O) groups is 1. The summed E-state index contributed by atoms with van der Waals surface area (Å²) in [6, 6.07) is 10.1. The molecule has 3 aromatic rings. The molecule has 0 radical (unpaired) electrons. The topological polar surface area (TPSA) is 73.8 Å². The molecule has 1 aliphatic heterocycles. The van der Waals surface area contributed by atoms with Crippen LogP contribution >= 0.6 is 0 Å². The zero-order valence-electron chi connectivity index (χ0n) is 14.2. The molecule has 0 bridgehead atoms. The number of rotatable bonds is 3. The van der Waals surface area contributed by atoms with Crippen LogP contribution in [0.4, 0.5) is 0 Å². The standard InChI is InChI=1S/C18H21N5O2/c1-21-18(25)23-11-9-14(6-7-16(23)20-21)19-17(24)12-22-10-8-13-4-2-3-5-15(13)22/h2-5,8,10,14H,6-7,9,11-12H2,1H3,(H,19,24). The molecule has 0 spiro atoms. The third-order valence-corrected chi connectivity index (χ3v) is 4.86. The Kier molecular flexibility index (Phi) is 3.91. The molecular formula is C18H21N5O2. The van der Waals surface area contributed by atoms with Crippen LogP contribution in [0.25, 0.3) is 10.9 Å². The Morgan fingerprint density at radius 1 is 1.28 bits per heavy atom. The van der Waals surface area contributed by atoms with E-state index in [-0.39, 0.29) is 17.6 Å². The van der Waals surface area contributed by atoms with Crippen LogP contribution in [-0.4, -0.2) is 30.9 Å². The fourth-order valence-corrected chi connectivity index (χ4v) is 3.55. The molecular weight excluding hydrogens is 318 g/mol. The lowest BCUT2D eigenvalue weighted by Crippen LogP contribution is -2.37. The number of carbonyl (C=O) groups excluding carboxylic acids is 1. The van der Waals surface area contributed by atoms with E-state index in [4.69, 9.17) is 0 Å². The zero-order chi connectivity index (χ0) is 17.4. The first-order valence-electron chi connectivity index (χ1n) is 8.58. The van der Waals surface area contributed by atoms with Crippen molar-refractivity contribution in [3.63, 3.8) is 0 Å². The van der Waals surface area contributed by atoms with Crippen LogP contribution < -0.4 is 11.0 Å². The first-order chi connectivity index (χ1) is 12.1. The van der Waals surface area contributed by atoms with Crippen molar-refractivity contribution in [1.29, 1.82) is 0 Å². The van der Waals surface area contributed by atoms with Gasteiger partial charge in [-0.05, 0) is 30.4 Å². The summed E-state index contributed by atoms with van der Waals surface area (Å²) < 4.78 is 5.05. The Hall–Kier alpha value is -2.83. The SMILES string of the molecule is Cn1nc2n(c1=O)CCC(NC(=O)Cn1ccc3ccccc31)CC2. The highest BCUT2D eigenvalue weighted by atomic mass is 16.2. The van der Waals surface area contributed by atoms with Crippen molar-refractivity contribution in [2.75, 3.05) is 0 Å². The van der Waals surface area contributed by atoms with Crippen LogP contribution in [0.5, 0.6) is 0 Å². The van der Waals surface area contributed by atoms with Crippen molar-refractivity contribution in [2.24, 2.45) is 7.05 Å². The molecule has 7 nitrogen and oxygen atoms in total. The molecule has 0 aliphatic carbocycles. The lowest BCUT2D eigenvalue weighted by Gasteiger charge is -2.16. The monoisotopic (exact) mass is 339 g/mol. The lowest BCUT2D eigenvalue weighted by atomic mass is 10.1. The second-order valence-electron chi connectivity index (χ2n) is 6.57. The maximum atomic E-state index is 12.4. The molecule has 1 amide bonds. The van der Waals surface area contributed by atoms with Crippen molar-refractivity contribution in [3.05, 3.63) is 52.8 Å². The second kappa shape index (κ2) is 6.23. The normalized spacial score (nSPS) is 17.2. The number of aromatic nitrogens is 4. The molecule has 1 atom stereocenters. The van der Waals surface area contributed by atoms with Gasteiger partial charge in [0.1, 0.15) is 12.4 Å². The van der Waals surface area contributed by atoms with Gasteiger partial charge in [-0.25, -0.2) is 9.48 Å². The van der Waals surface area contributed by atoms with Gasteiger partial charge in [-0.2, -0.15) is 5.10 Å². The van der Waals surface area contributed by atoms with E-state index in [0.29, 0.717) is 19.5 Å². The van der Waals surface area contributed by atoms with E-state index in [1.807, 2.05) is 41.1 Å². The number of para-hydroxylation sites is 1. The summed E-state index contributed by atoms with van der Waals surface area (Å²) in [7, 11) is 1.67. The molecule has 130 valence electrons. The average Bonchev–Trinajstić information content (AvgIpc) is 3.05. The molecule has 1 aliphatic rings. The van der Waals surface area contributed by atoms with Crippen LogP contribution in [0.1, 0.15) is 18.7 Å². The maximum Gasteiger partial charge on any atom is 0.345 e. The third kappa shape index (κ3) is 2.97. The summed E-state index contributed by atoms with van der Waals surface area (Å²) in [4.78, 5) is 24.5. The van der Waals surface area contributed by atoms with Crippen LogP contribution in [0.2, 0.25) is 0 Å². The van der Waals surface area contributed by atoms with E-state index in [9.17, 15) is 9.59 Å². The van der Waals surface area contributed by atoms with Gasteiger partial charge in [0.2, 0.25) is 5.91 Å². The molecule has 7 heteroatoms. The van der Waals surface area contributed by atoms with Gasteiger partial charge in [0.25, 0.3) is 0 Å². The van der Waals surface area contributed by atoms with Crippen LogP contribution in [0, 0.1) is 0 Å². The molecule has 4 rings (SSSR count). The summed E-state index contributed by atoms with van der Waals surface area (Å²) in [5, 5.41) is 8.51. The van der Waals surface area contributed by atoms with Gasteiger partial charge >= 0.3 is 5.69 Å². The predicted molar refractivity (Wildman–Crippen MR) is 94.3 cm³/mol. The molecule has 1 N–H and O–H groups in total. The summed E-state index contributed by atoms with van der Waals surface area (Å²) >= 11 is 0. The minimum Gasteiger partial charge on any atom is -0.352 e. The lowest BCUT2D eigenvalue weighted by molar-refractivity contribution is -0.122. The number of amides is 1. The smallest absolute Gasteiger partial charge is 0.345 e. The van der Waals surface area contributed by atoms with E-state index in [1.165, 1.54) is 4.68 Å². The van der Waals surface area contributed by atoms with E-state index < -0.39 is 0 Å². The van der Waals surface area contributed by atoms with Crippen LogP contribution in [0.3, 0.4) is 0 Å². The van der Waals surface area contributed by atoms with Crippen LogP contribution in [0.15, 0.2) is 41.3 Å². The molecule has 1 aromatic carbocycles. The Labute approximate surface area is 144 Å². The highest BCUT2D eigenvalue weighted by Gasteiger charge is 2.21. The van der Waals surface area contributed by atoms with Gasteiger partial charge in [0.05, 0.1) is 0 Å². The third-order valence-electron chi connectivity index (χ3n) is 4.86. The van der Waals surface area contributed by atoms with Crippen molar-refractivity contribution in [3.8, 4) is 0 Å².